The van der Waals surface area contributed by atoms with E-state index in [1.54, 1.807) is 0 Å². The van der Waals surface area contributed by atoms with E-state index in [0.717, 1.165) is 56.1 Å². The van der Waals surface area contributed by atoms with Gasteiger partial charge in [0.1, 0.15) is 0 Å². The van der Waals surface area contributed by atoms with E-state index in [1.807, 2.05) is 17.0 Å². The van der Waals surface area contributed by atoms with Gasteiger partial charge in [0.25, 0.3) is 0 Å². The van der Waals surface area contributed by atoms with Crippen molar-refractivity contribution < 1.29 is 14.3 Å². The Morgan fingerprint density at radius 2 is 1.52 bits per heavy atom. The number of carbonyl (C=O) groups excluding carboxylic acids is 2. The number of benzene rings is 1. The van der Waals surface area contributed by atoms with E-state index in [1.165, 1.54) is 5.56 Å². The van der Waals surface area contributed by atoms with Gasteiger partial charge < -0.3 is 14.2 Å². The lowest BCUT2D eigenvalue weighted by Gasteiger charge is -2.35. The highest BCUT2D eigenvalue weighted by molar-refractivity contribution is 5.99. The number of ether oxygens (including phenoxy) is 1. The van der Waals surface area contributed by atoms with Crippen LogP contribution in [0, 0.1) is 13.8 Å². The highest BCUT2D eigenvalue weighted by atomic mass is 16.5. The fraction of sp³-hybridized carbons (Fsp3) is 0.538. The number of amides is 1. The second kappa shape index (κ2) is 11.1. The Balaban J connectivity index is 1.26. The molecular formula is C26H36N4O3. The normalized spacial score (nSPS) is 17.9. The van der Waals surface area contributed by atoms with Gasteiger partial charge in [0, 0.05) is 62.8 Å². The Morgan fingerprint density at radius 1 is 0.879 bits per heavy atom. The Labute approximate surface area is 196 Å². The zero-order valence-electron chi connectivity index (χ0n) is 20.0. The number of aryl methyl sites for hydroxylation is 2. The number of Topliss-reactive ketones (excluding diaryl/α,β-unsaturated/α-hetero) is 1. The zero-order chi connectivity index (χ0) is 23.2. The van der Waals surface area contributed by atoms with Gasteiger partial charge in [0.15, 0.2) is 5.78 Å². The molecule has 3 heterocycles. The maximum atomic E-state index is 13.1. The average molecular weight is 453 g/mol. The van der Waals surface area contributed by atoms with Crippen LogP contribution in [0.2, 0.25) is 0 Å². The highest BCUT2D eigenvalue weighted by Crippen LogP contribution is 2.18. The van der Waals surface area contributed by atoms with Crippen LogP contribution in [0.4, 0.5) is 0 Å². The van der Waals surface area contributed by atoms with Crippen molar-refractivity contribution in [3.63, 3.8) is 0 Å². The molecule has 33 heavy (non-hydrogen) atoms. The largest absolute Gasteiger partial charge is 0.378 e. The molecule has 0 unspecified atom stereocenters. The molecule has 1 aromatic carbocycles. The molecule has 2 aliphatic heterocycles. The second-order valence-electron chi connectivity index (χ2n) is 9.14. The van der Waals surface area contributed by atoms with Gasteiger partial charge in [-0.25, -0.2) is 0 Å². The summed E-state index contributed by atoms with van der Waals surface area (Å²) in [6.07, 6.45) is 0.954. The van der Waals surface area contributed by atoms with Crippen LogP contribution < -0.4 is 0 Å². The first-order valence-electron chi connectivity index (χ1n) is 12.1. The van der Waals surface area contributed by atoms with Crippen molar-refractivity contribution in [3.8, 4) is 0 Å². The molecule has 1 aromatic heterocycles. The average Bonchev–Trinajstić information content (AvgIpc) is 3.13. The lowest BCUT2D eigenvalue weighted by molar-refractivity contribution is -0.136. The van der Waals surface area contributed by atoms with Gasteiger partial charge in [0.05, 0.1) is 26.3 Å². The van der Waals surface area contributed by atoms with E-state index < -0.39 is 0 Å². The Kier molecular flexibility index (Phi) is 7.96. The third kappa shape index (κ3) is 6.10. The Morgan fingerprint density at radius 3 is 2.18 bits per heavy atom. The first-order valence-corrected chi connectivity index (χ1v) is 12.1. The summed E-state index contributed by atoms with van der Waals surface area (Å²) in [5.74, 6) is 0.373. The van der Waals surface area contributed by atoms with Gasteiger partial charge in [-0.3, -0.25) is 19.4 Å². The summed E-state index contributed by atoms with van der Waals surface area (Å²) in [7, 11) is 0. The zero-order valence-corrected chi connectivity index (χ0v) is 20.0. The minimum Gasteiger partial charge on any atom is -0.378 e. The molecule has 0 saturated carbocycles. The quantitative estimate of drug-likeness (QED) is 0.574. The summed E-state index contributed by atoms with van der Waals surface area (Å²) in [6, 6.07) is 12.5. The molecule has 4 rings (SSSR count). The van der Waals surface area contributed by atoms with Gasteiger partial charge in [-0.1, -0.05) is 30.3 Å². The van der Waals surface area contributed by atoms with Crippen LogP contribution in [-0.4, -0.2) is 96.5 Å². The predicted octanol–water partition coefficient (Wildman–Crippen LogP) is 2.01. The molecule has 0 radical (unpaired) electrons. The van der Waals surface area contributed by atoms with Gasteiger partial charge in [0.2, 0.25) is 5.91 Å². The number of aromatic nitrogens is 1. The molecule has 7 heteroatoms. The molecule has 0 spiro atoms. The fourth-order valence-electron chi connectivity index (χ4n) is 4.81. The van der Waals surface area contributed by atoms with E-state index in [0.29, 0.717) is 39.4 Å². The molecule has 0 N–H and O–H groups in total. The molecule has 2 saturated heterocycles. The molecule has 1 amide bonds. The van der Waals surface area contributed by atoms with Crippen LogP contribution in [0.25, 0.3) is 0 Å². The van der Waals surface area contributed by atoms with E-state index in [4.69, 9.17) is 4.74 Å². The minimum atomic E-state index is 0.186. The molecule has 0 bridgehead atoms. The van der Waals surface area contributed by atoms with Gasteiger partial charge in [-0.05, 0) is 31.9 Å². The lowest BCUT2D eigenvalue weighted by Crippen LogP contribution is -2.52. The van der Waals surface area contributed by atoms with Gasteiger partial charge in [-0.15, -0.1) is 0 Å². The molecule has 0 aliphatic carbocycles. The van der Waals surface area contributed by atoms with Gasteiger partial charge in [-0.2, -0.15) is 0 Å². The minimum absolute atomic E-state index is 0.186. The number of rotatable bonds is 8. The van der Waals surface area contributed by atoms with Crippen molar-refractivity contribution in [1.29, 1.82) is 0 Å². The molecule has 2 aromatic rings. The number of ketones is 1. The van der Waals surface area contributed by atoms with E-state index in [-0.39, 0.29) is 11.7 Å². The van der Waals surface area contributed by atoms with Crippen molar-refractivity contribution in [1.82, 2.24) is 19.3 Å². The summed E-state index contributed by atoms with van der Waals surface area (Å²) in [4.78, 5) is 31.9. The number of morpholine rings is 1. The lowest BCUT2D eigenvalue weighted by atomic mass is 10.1. The van der Waals surface area contributed by atoms with Crippen molar-refractivity contribution in [2.75, 3.05) is 65.6 Å². The topological polar surface area (TPSA) is 58.0 Å². The third-order valence-corrected chi connectivity index (χ3v) is 6.90. The van der Waals surface area contributed by atoms with Crippen molar-refractivity contribution in [2.45, 2.75) is 26.8 Å². The van der Waals surface area contributed by atoms with E-state index >= 15 is 0 Å². The third-order valence-electron chi connectivity index (χ3n) is 6.90. The van der Waals surface area contributed by atoms with Crippen LogP contribution in [0.3, 0.4) is 0 Å². The van der Waals surface area contributed by atoms with E-state index in [9.17, 15) is 9.59 Å². The number of carbonyl (C=O) groups is 2. The van der Waals surface area contributed by atoms with Gasteiger partial charge >= 0.3 is 0 Å². The van der Waals surface area contributed by atoms with Crippen molar-refractivity contribution in [3.05, 3.63) is 58.9 Å². The summed E-state index contributed by atoms with van der Waals surface area (Å²) in [5, 5.41) is 0. The smallest absolute Gasteiger partial charge is 0.236 e. The maximum Gasteiger partial charge on any atom is 0.236 e. The number of nitrogens with zero attached hydrogens (tertiary/aromatic N) is 4. The second-order valence-corrected chi connectivity index (χ2v) is 9.14. The fourth-order valence-corrected chi connectivity index (χ4v) is 4.81. The van der Waals surface area contributed by atoms with Crippen LogP contribution in [0.5, 0.6) is 0 Å². The first kappa shape index (κ1) is 23.7. The molecule has 0 atom stereocenters. The molecule has 178 valence electrons. The summed E-state index contributed by atoms with van der Waals surface area (Å²) < 4.78 is 7.59. The van der Waals surface area contributed by atoms with Crippen LogP contribution >= 0.6 is 0 Å². The van der Waals surface area contributed by atoms with Crippen LogP contribution in [0.1, 0.15) is 27.3 Å². The molecule has 2 aliphatic rings. The summed E-state index contributed by atoms with van der Waals surface area (Å²) in [6.45, 7) is 11.8. The number of piperazine rings is 1. The summed E-state index contributed by atoms with van der Waals surface area (Å²) in [5.41, 5.74) is 4.34. The maximum absolute atomic E-state index is 13.1. The summed E-state index contributed by atoms with van der Waals surface area (Å²) >= 11 is 0. The van der Waals surface area contributed by atoms with Crippen molar-refractivity contribution in [2.24, 2.45) is 0 Å². The number of hydrogen-bond acceptors (Lipinski definition) is 5. The first-order chi connectivity index (χ1) is 16.0. The molecular weight excluding hydrogens is 416 g/mol. The molecule has 7 nitrogen and oxygen atoms in total. The predicted molar refractivity (Wildman–Crippen MR) is 129 cm³/mol. The van der Waals surface area contributed by atoms with Crippen molar-refractivity contribution >= 4 is 11.7 Å². The SMILES string of the molecule is Cc1cc(C(=O)CN2CCN(CC(=O)N3CCOCC3)CC2)c(C)n1CCc1ccccc1. The standard InChI is InChI=1S/C26H36N4O3/c1-21-18-24(22(2)30(21)9-8-23-6-4-3-5-7-23)25(31)19-27-10-12-28(13-11-27)20-26(32)29-14-16-33-17-15-29/h3-7,18H,8-17,19-20H2,1-2H3. The monoisotopic (exact) mass is 452 g/mol. The van der Waals surface area contributed by atoms with Crippen LogP contribution in [0.15, 0.2) is 36.4 Å². The Bertz CT molecular complexity index is 942. The Hall–Kier alpha value is -2.48. The molecule has 2 fully saturated rings. The number of hydrogen-bond donors (Lipinski definition) is 0. The van der Waals surface area contributed by atoms with Crippen LogP contribution in [-0.2, 0) is 22.5 Å². The van der Waals surface area contributed by atoms with E-state index in [2.05, 4.69) is 52.5 Å². The highest BCUT2D eigenvalue weighted by Gasteiger charge is 2.25.